The van der Waals surface area contributed by atoms with Crippen LogP contribution in [0.5, 0.6) is 0 Å². The number of hydrogen-bond donors (Lipinski definition) is 4. The maximum atomic E-state index is 12.4. The Morgan fingerprint density at radius 2 is 1.76 bits per heavy atom. The summed E-state index contributed by atoms with van der Waals surface area (Å²) in [6, 6.07) is 16.9. The highest BCUT2D eigenvalue weighted by Crippen LogP contribution is 2.35. The largest absolute Gasteiger partial charge is 0.395 e. The summed E-state index contributed by atoms with van der Waals surface area (Å²) in [5.41, 5.74) is 3.77. The lowest BCUT2D eigenvalue weighted by atomic mass is 9.80. The van der Waals surface area contributed by atoms with Crippen molar-refractivity contribution in [2.45, 2.75) is 50.6 Å². The van der Waals surface area contributed by atoms with E-state index in [2.05, 4.69) is 51.2 Å². The first kappa shape index (κ1) is 24.2. The van der Waals surface area contributed by atoms with Gasteiger partial charge in [-0.1, -0.05) is 30.3 Å². The zero-order valence-corrected chi connectivity index (χ0v) is 19.9. The lowest BCUT2D eigenvalue weighted by Crippen LogP contribution is -2.63. The Morgan fingerprint density at radius 3 is 2.44 bits per heavy atom. The number of nitrogens with zero attached hydrogens (tertiary/aromatic N) is 1. The van der Waals surface area contributed by atoms with Gasteiger partial charge in [-0.15, -0.1) is 0 Å². The van der Waals surface area contributed by atoms with Gasteiger partial charge in [0.2, 0.25) is 5.91 Å². The van der Waals surface area contributed by atoms with Gasteiger partial charge in [-0.25, -0.2) is 0 Å². The smallest absolute Gasteiger partial charge is 0.251 e. The molecule has 182 valence electrons. The summed E-state index contributed by atoms with van der Waals surface area (Å²) >= 11 is 0. The third-order valence-corrected chi connectivity index (χ3v) is 7.08. The highest BCUT2D eigenvalue weighted by molar-refractivity contribution is 5.97. The summed E-state index contributed by atoms with van der Waals surface area (Å²) in [5.74, 6) is 0.260. The van der Waals surface area contributed by atoms with E-state index in [9.17, 15) is 9.59 Å². The summed E-state index contributed by atoms with van der Waals surface area (Å²) < 4.78 is 0. The molecule has 7 heteroatoms. The first-order valence-corrected chi connectivity index (χ1v) is 12.4. The molecule has 4 rings (SSSR count). The molecule has 0 atom stereocenters. The van der Waals surface area contributed by atoms with Crippen LogP contribution in [0.15, 0.2) is 48.5 Å². The first-order chi connectivity index (χ1) is 16.5. The lowest BCUT2D eigenvalue weighted by Gasteiger charge is -2.46. The molecule has 1 heterocycles. The van der Waals surface area contributed by atoms with Gasteiger partial charge in [0.15, 0.2) is 0 Å². The maximum Gasteiger partial charge on any atom is 0.251 e. The minimum absolute atomic E-state index is 0.0267. The molecule has 0 spiro atoms. The molecule has 0 unspecified atom stereocenters. The molecule has 1 aliphatic heterocycles. The second-order valence-corrected chi connectivity index (χ2v) is 9.50. The summed E-state index contributed by atoms with van der Waals surface area (Å²) in [6.45, 7) is 4.16. The van der Waals surface area contributed by atoms with Gasteiger partial charge in [0, 0.05) is 36.9 Å². The van der Waals surface area contributed by atoms with Gasteiger partial charge >= 0.3 is 0 Å². The van der Waals surface area contributed by atoms with E-state index in [0.29, 0.717) is 24.1 Å². The van der Waals surface area contributed by atoms with Crippen molar-refractivity contribution in [3.8, 4) is 0 Å². The van der Waals surface area contributed by atoms with Crippen LogP contribution in [0.25, 0.3) is 0 Å². The van der Waals surface area contributed by atoms with Crippen LogP contribution in [0.3, 0.4) is 0 Å². The minimum atomic E-state index is -0.266. The fraction of sp³-hybridized carbons (Fsp3) is 0.481. The van der Waals surface area contributed by atoms with E-state index in [-0.39, 0.29) is 31.0 Å². The normalized spacial score (nSPS) is 20.9. The zero-order valence-electron chi connectivity index (χ0n) is 19.9. The number of nitrogens with one attached hydrogen (secondary N) is 3. The second-order valence-electron chi connectivity index (χ2n) is 9.50. The maximum absolute atomic E-state index is 12.4. The van der Waals surface area contributed by atoms with Crippen molar-refractivity contribution in [1.29, 1.82) is 0 Å². The van der Waals surface area contributed by atoms with Gasteiger partial charge in [-0.05, 0) is 67.9 Å². The van der Waals surface area contributed by atoms with Crippen LogP contribution in [0.4, 0.5) is 5.69 Å². The molecule has 0 bridgehead atoms. The van der Waals surface area contributed by atoms with Crippen LogP contribution in [0, 0.1) is 6.92 Å². The Morgan fingerprint density at radius 1 is 1.03 bits per heavy atom. The molecule has 4 N–H and O–H groups in total. The molecule has 2 amide bonds. The van der Waals surface area contributed by atoms with Crippen LogP contribution in [0.1, 0.15) is 53.1 Å². The van der Waals surface area contributed by atoms with E-state index >= 15 is 0 Å². The molecule has 34 heavy (non-hydrogen) atoms. The van der Waals surface area contributed by atoms with Gasteiger partial charge in [0.05, 0.1) is 19.2 Å². The van der Waals surface area contributed by atoms with Gasteiger partial charge in [0.25, 0.3) is 5.91 Å². The highest BCUT2D eigenvalue weighted by Gasteiger charge is 2.35. The lowest BCUT2D eigenvalue weighted by molar-refractivity contribution is -0.122. The minimum Gasteiger partial charge on any atom is -0.395 e. The summed E-state index contributed by atoms with van der Waals surface area (Å²) in [4.78, 5) is 27.2. The van der Waals surface area contributed by atoms with Crippen molar-refractivity contribution < 1.29 is 14.7 Å². The number of aliphatic hydroxyl groups is 1. The van der Waals surface area contributed by atoms with E-state index in [1.165, 1.54) is 31.2 Å². The van der Waals surface area contributed by atoms with Crippen molar-refractivity contribution >= 4 is 17.5 Å². The zero-order chi connectivity index (χ0) is 23.9. The quantitative estimate of drug-likeness (QED) is 0.458. The molecule has 0 radical (unpaired) electrons. The van der Waals surface area contributed by atoms with Crippen LogP contribution in [-0.2, 0) is 4.79 Å². The number of aliphatic hydroxyl groups excluding tert-OH is 1. The van der Waals surface area contributed by atoms with Crippen molar-refractivity contribution in [1.82, 2.24) is 15.5 Å². The average molecular weight is 465 g/mol. The Hall–Kier alpha value is -2.90. The number of carbonyl (C=O) groups is 2. The summed E-state index contributed by atoms with van der Waals surface area (Å²) in [6.07, 6.45) is 4.88. The summed E-state index contributed by atoms with van der Waals surface area (Å²) in [7, 11) is 0. The Labute approximate surface area is 201 Å². The second kappa shape index (κ2) is 11.5. The molecule has 1 saturated heterocycles. The SMILES string of the molecule is Cc1cc(C(=O)NCC(=O)NC2CN(C3CCC(c4ccccc4)CC3)C2)ccc1NCCO. The number of aryl methyl sites for hydroxylation is 1. The molecule has 0 aromatic heterocycles. The van der Waals surface area contributed by atoms with Crippen LogP contribution in [-0.4, -0.2) is 66.7 Å². The molecule has 7 nitrogen and oxygen atoms in total. The van der Waals surface area contributed by atoms with Crippen molar-refractivity contribution in [3.63, 3.8) is 0 Å². The van der Waals surface area contributed by atoms with Crippen molar-refractivity contribution in [2.75, 3.05) is 38.1 Å². The third-order valence-electron chi connectivity index (χ3n) is 7.08. The Kier molecular flexibility index (Phi) is 8.19. The number of hydrogen-bond acceptors (Lipinski definition) is 5. The number of benzene rings is 2. The van der Waals surface area contributed by atoms with Crippen LogP contribution >= 0.6 is 0 Å². The Balaban J connectivity index is 1.14. The summed E-state index contributed by atoms with van der Waals surface area (Å²) in [5, 5.41) is 17.8. The topological polar surface area (TPSA) is 93.7 Å². The fourth-order valence-electron chi connectivity index (χ4n) is 5.14. The number of carbonyl (C=O) groups excluding carboxylic acids is 2. The van der Waals surface area contributed by atoms with Gasteiger partial charge in [0.1, 0.15) is 0 Å². The molecule has 2 aromatic carbocycles. The molecule has 1 aliphatic carbocycles. The molecule has 2 aromatic rings. The van der Waals surface area contributed by atoms with E-state index in [1.54, 1.807) is 12.1 Å². The molecule has 2 aliphatic rings. The van der Waals surface area contributed by atoms with E-state index in [4.69, 9.17) is 5.11 Å². The fourth-order valence-corrected chi connectivity index (χ4v) is 5.14. The molecular weight excluding hydrogens is 428 g/mol. The van der Waals surface area contributed by atoms with E-state index < -0.39 is 0 Å². The number of anilines is 1. The number of amides is 2. The predicted octanol–water partition coefficient (Wildman–Crippen LogP) is 2.66. The Bertz CT molecular complexity index is 967. The molecule has 1 saturated carbocycles. The third kappa shape index (κ3) is 6.15. The van der Waals surface area contributed by atoms with Crippen molar-refractivity contribution in [3.05, 3.63) is 65.2 Å². The van der Waals surface area contributed by atoms with E-state index in [0.717, 1.165) is 24.3 Å². The number of rotatable bonds is 9. The molecule has 2 fully saturated rings. The average Bonchev–Trinajstić information content (AvgIpc) is 2.84. The molecular formula is C27H36N4O3. The van der Waals surface area contributed by atoms with Crippen LogP contribution < -0.4 is 16.0 Å². The highest BCUT2D eigenvalue weighted by atomic mass is 16.3. The first-order valence-electron chi connectivity index (χ1n) is 12.4. The standard InChI is InChI=1S/C27H36N4O3/c1-19-15-22(9-12-25(19)28-13-14-32)27(34)29-16-26(33)30-23-17-31(18-23)24-10-7-21(8-11-24)20-5-3-2-4-6-20/h2-6,9,12,15,21,23-24,28,32H,7-8,10-11,13-14,16-18H2,1H3,(H,29,34)(H,30,33). The van der Waals surface area contributed by atoms with Gasteiger partial charge < -0.3 is 21.1 Å². The van der Waals surface area contributed by atoms with Crippen molar-refractivity contribution in [2.24, 2.45) is 0 Å². The van der Waals surface area contributed by atoms with Gasteiger partial charge in [-0.2, -0.15) is 0 Å². The predicted molar refractivity (Wildman–Crippen MR) is 134 cm³/mol. The number of likely N-dealkylation sites (tertiary alicyclic amines) is 1. The van der Waals surface area contributed by atoms with Gasteiger partial charge in [-0.3, -0.25) is 14.5 Å². The van der Waals surface area contributed by atoms with Crippen LogP contribution in [0.2, 0.25) is 0 Å². The monoisotopic (exact) mass is 464 g/mol. The van der Waals surface area contributed by atoms with E-state index in [1.807, 2.05) is 13.0 Å².